The van der Waals surface area contributed by atoms with E-state index in [1.807, 2.05) is 6.92 Å². The van der Waals surface area contributed by atoms with Gasteiger partial charge in [0.2, 0.25) is 0 Å². The summed E-state index contributed by atoms with van der Waals surface area (Å²) >= 11 is 1.39. The number of oxazole rings is 1. The number of aromatic nitrogens is 1. The summed E-state index contributed by atoms with van der Waals surface area (Å²) in [5.74, 6) is 0. The summed E-state index contributed by atoms with van der Waals surface area (Å²) in [5.41, 5.74) is 12.6. The topological polar surface area (TPSA) is 78.1 Å². The first-order valence-corrected chi connectivity index (χ1v) is 3.91. The minimum absolute atomic E-state index is 0.203. The molecule has 0 aliphatic rings. The Morgan fingerprint density at radius 3 is 2.82 bits per heavy atom. The standard InChI is InChI=1S/C6H7N3OS/c1-2-3-5(11-4(2)7)9-6(8)10-3/h7H2,1H3,(H2,8,9). The first kappa shape index (κ1) is 6.48. The van der Waals surface area contributed by atoms with Crippen LogP contribution in [0.1, 0.15) is 5.56 Å². The van der Waals surface area contributed by atoms with Crippen LogP contribution in [0.4, 0.5) is 11.0 Å². The number of fused-ring (bicyclic) bond motifs is 1. The number of hydrogen-bond acceptors (Lipinski definition) is 5. The molecule has 5 heteroatoms. The fourth-order valence-electron chi connectivity index (χ4n) is 0.921. The van der Waals surface area contributed by atoms with Gasteiger partial charge in [0.1, 0.15) is 0 Å². The number of hydrogen-bond donors (Lipinski definition) is 2. The van der Waals surface area contributed by atoms with Gasteiger partial charge in [-0.3, -0.25) is 0 Å². The molecule has 0 unspecified atom stereocenters. The number of rotatable bonds is 0. The minimum atomic E-state index is 0.203. The van der Waals surface area contributed by atoms with Crippen molar-refractivity contribution in [3.8, 4) is 0 Å². The highest BCUT2D eigenvalue weighted by Gasteiger charge is 2.11. The molecule has 0 atom stereocenters. The Balaban J connectivity index is 2.88. The van der Waals surface area contributed by atoms with E-state index in [9.17, 15) is 0 Å². The molecule has 0 aliphatic heterocycles. The lowest BCUT2D eigenvalue weighted by molar-refractivity contribution is 0.624. The van der Waals surface area contributed by atoms with Gasteiger partial charge in [0.15, 0.2) is 10.4 Å². The molecule has 0 aliphatic carbocycles. The Kier molecular flexibility index (Phi) is 1.11. The first-order chi connectivity index (χ1) is 5.18. The van der Waals surface area contributed by atoms with Crippen LogP contribution in [0.3, 0.4) is 0 Å². The maximum absolute atomic E-state index is 5.62. The van der Waals surface area contributed by atoms with Crippen LogP contribution in [0.2, 0.25) is 0 Å². The van der Waals surface area contributed by atoms with Gasteiger partial charge in [-0.25, -0.2) is 0 Å². The molecule has 2 aromatic rings. The number of nitrogens with zero attached hydrogens (tertiary/aromatic N) is 1. The lowest BCUT2D eigenvalue weighted by Gasteiger charge is -1.85. The zero-order valence-electron chi connectivity index (χ0n) is 5.92. The van der Waals surface area contributed by atoms with Crippen LogP contribution in [0.25, 0.3) is 10.4 Å². The van der Waals surface area contributed by atoms with E-state index in [2.05, 4.69) is 4.98 Å². The van der Waals surface area contributed by atoms with Crippen LogP contribution in [0, 0.1) is 6.92 Å². The third-order valence-electron chi connectivity index (χ3n) is 1.53. The normalized spacial score (nSPS) is 11.0. The molecule has 2 aromatic heterocycles. The molecule has 0 bridgehead atoms. The van der Waals surface area contributed by atoms with Crippen molar-refractivity contribution in [1.29, 1.82) is 0 Å². The summed E-state index contributed by atoms with van der Waals surface area (Å²) in [6.07, 6.45) is 0. The van der Waals surface area contributed by atoms with Gasteiger partial charge in [-0.15, -0.1) is 0 Å². The highest BCUT2D eigenvalue weighted by atomic mass is 32.1. The summed E-state index contributed by atoms with van der Waals surface area (Å²) in [6, 6.07) is 0.203. The van der Waals surface area contributed by atoms with Crippen LogP contribution >= 0.6 is 11.3 Å². The van der Waals surface area contributed by atoms with Gasteiger partial charge in [0.05, 0.1) is 5.00 Å². The summed E-state index contributed by atoms with van der Waals surface area (Å²) in [6.45, 7) is 1.89. The molecule has 0 spiro atoms. The lowest BCUT2D eigenvalue weighted by atomic mass is 10.3. The monoisotopic (exact) mass is 169 g/mol. The molecule has 4 N–H and O–H groups in total. The zero-order valence-corrected chi connectivity index (χ0v) is 6.73. The fraction of sp³-hybridized carbons (Fsp3) is 0.167. The smallest absolute Gasteiger partial charge is 0.293 e. The van der Waals surface area contributed by atoms with Crippen LogP contribution in [0.15, 0.2) is 4.42 Å². The second-order valence-electron chi connectivity index (χ2n) is 2.28. The molecule has 4 nitrogen and oxygen atoms in total. The van der Waals surface area contributed by atoms with E-state index in [4.69, 9.17) is 15.9 Å². The predicted molar refractivity (Wildman–Crippen MR) is 45.4 cm³/mol. The molecule has 2 rings (SSSR count). The molecule has 0 fully saturated rings. The van der Waals surface area contributed by atoms with Gasteiger partial charge < -0.3 is 15.9 Å². The molecule has 0 radical (unpaired) electrons. The van der Waals surface area contributed by atoms with Crippen LogP contribution in [-0.2, 0) is 0 Å². The fourth-order valence-corrected chi connectivity index (χ4v) is 1.80. The summed E-state index contributed by atoms with van der Waals surface area (Å²) in [7, 11) is 0. The Labute approximate surface area is 66.8 Å². The molecule has 2 heterocycles. The van der Waals surface area contributed by atoms with Crippen molar-refractivity contribution in [2.45, 2.75) is 6.92 Å². The minimum Gasteiger partial charge on any atom is -0.422 e. The SMILES string of the molecule is Cc1c(N)sc2nc(N)oc12. The van der Waals surface area contributed by atoms with Crippen LogP contribution in [-0.4, -0.2) is 4.98 Å². The Morgan fingerprint density at radius 2 is 2.18 bits per heavy atom. The maximum atomic E-state index is 5.62. The van der Waals surface area contributed by atoms with Crippen molar-refractivity contribution in [3.05, 3.63) is 5.56 Å². The summed E-state index contributed by atoms with van der Waals surface area (Å²) in [5, 5.41) is 0.742. The van der Waals surface area contributed by atoms with Crippen LogP contribution < -0.4 is 11.5 Å². The molecule has 0 aromatic carbocycles. The second kappa shape index (κ2) is 1.88. The largest absolute Gasteiger partial charge is 0.422 e. The van der Waals surface area contributed by atoms with E-state index in [1.54, 1.807) is 0 Å². The zero-order chi connectivity index (χ0) is 8.01. The van der Waals surface area contributed by atoms with E-state index in [1.165, 1.54) is 11.3 Å². The Bertz CT molecular complexity index is 403. The van der Waals surface area contributed by atoms with Crippen molar-refractivity contribution < 1.29 is 4.42 Å². The molecule has 11 heavy (non-hydrogen) atoms. The molecule has 0 saturated carbocycles. The van der Waals surface area contributed by atoms with Gasteiger partial charge in [0, 0.05) is 5.56 Å². The number of aryl methyl sites for hydroxylation is 1. The average molecular weight is 169 g/mol. The van der Waals surface area contributed by atoms with Gasteiger partial charge in [-0.05, 0) is 6.92 Å². The van der Waals surface area contributed by atoms with E-state index in [-0.39, 0.29) is 6.01 Å². The van der Waals surface area contributed by atoms with Crippen molar-refractivity contribution in [2.24, 2.45) is 0 Å². The summed E-state index contributed by atoms with van der Waals surface area (Å²) in [4.78, 5) is 4.72. The van der Waals surface area contributed by atoms with Crippen molar-refractivity contribution >= 4 is 32.8 Å². The van der Waals surface area contributed by atoms with E-state index in [0.717, 1.165) is 15.4 Å². The predicted octanol–water partition coefficient (Wildman–Crippen LogP) is 1.36. The number of anilines is 2. The highest BCUT2D eigenvalue weighted by Crippen LogP contribution is 2.33. The van der Waals surface area contributed by atoms with Gasteiger partial charge in [0.25, 0.3) is 6.01 Å². The number of thiophene rings is 1. The van der Waals surface area contributed by atoms with Gasteiger partial charge in [-0.1, -0.05) is 11.3 Å². The van der Waals surface area contributed by atoms with Gasteiger partial charge in [-0.2, -0.15) is 4.98 Å². The lowest BCUT2D eigenvalue weighted by Crippen LogP contribution is -1.82. The van der Waals surface area contributed by atoms with Crippen molar-refractivity contribution in [1.82, 2.24) is 4.98 Å². The summed E-state index contributed by atoms with van der Waals surface area (Å²) < 4.78 is 5.12. The Morgan fingerprint density at radius 1 is 1.45 bits per heavy atom. The third kappa shape index (κ3) is 0.775. The number of nitrogen functional groups attached to an aromatic ring is 2. The molecule has 0 saturated heterocycles. The second-order valence-corrected chi connectivity index (χ2v) is 3.31. The van der Waals surface area contributed by atoms with E-state index in [0.29, 0.717) is 5.58 Å². The Hall–Kier alpha value is -1.23. The van der Waals surface area contributed by atoms with Crippen molar-refractivity contribution in [3.63, 3.8) is 0 Å². The molecule has 58 valence electrons. The quantitative estimate of drug-likeness (QED) is 0.624. The molecular formula is C6H7N3OS. The number of nitrogens with two attached hydrogens (primary N) is 2. The first-order valence-electron chi connectivity index (χ1n) is 3.09. The third-order valence-corrected chi connectivity index (χ3v) is 2.53. The van der Waals surface area contributed by atoms with E-state index < -0.39 is 0 Å². The molecule has 0 amide bonds. The van der Waals surface area contributed by atoms with Crippen LogP contribution in [0.5, 0.6) is 0 Å². The van der Waals surface area contributed by atoms with Gasteiger partial charge >= 0.3 is 0 Å². The highest BCUT2D eigenvalue weighted by molar-refractivity contribution is 7.22. The average Bonchev–Trinajstić information content (AvgIpc) is 2.37. The maximum Gasteiger partial charge on any atom is 0.293 e. The van der Waals surface area contributed by atoms with E-state index >= 15 is 0 Å². The van der Waals surface area contributed by atoms with Crippen molar-refractivity contribution in [2.75, 3.05) is 11.5 Å². The molecular weight excluding hydrogens is 162 g/mol.